The number of carbonyl (C=O) groups is 1. The molecule has 8 heteroatoms. The normalized spacial score (nSPS) is 10.7. The van der Waals surface area contributed by atoms with E-state index in [1.807, 2.05) is 12.1 Å². The number of carbonyl (C=O) groups excluding carboxylic acids is 1. The van der Waals surface area contributed by atoms with Crippen LogP contribution < -0.4 is 14.2 Å². The lowest BCUT2D eigenvalue weighted by Crippen LogP contribution is -2.10. The molecule has 140 valence electrons. The van der Waals surface area contributed by atoms with Gasteiger partial charge in [-0.15, -0.1) is 11.3 Å². The van der Waals surface area contributed by atoms with Crippen molar-refractivity contribution in [2.75, 3.05) is 0 Å². The van der Waals surface area contributed by atoms with E-state index in [-0.39, 0.29) is 16.4 Å². The van der Waals surface area contributed by atoms with Crippen LogP contribution in [0, 0.1) is 6.92 Å². The van der Waals surface area contributed by atoms with Gasteiger partial charge < -0.3 is 14.2 Å². The minimum Gasteiger partial charge on any atom is -0.489 e. The maximum absolute atomic E-state index is 12.5. The third-order valence-corrected chi connectivity index (χ3v) is 4.42. The summed E-state index contributed by atoms with van der Waals surface area (Å²) in [7, 11) is 0. The number of aromatic nitrogens is 1. The van der Waals surface area contributed by atoms with Crippen molar-refractivity contribution in [3.8, 4) is 17.2 Å². The number of benzene rings is 1. The minimum atomic E-state index is -3.01. The van der Waals surface area contributed by atoms with Gasteiger partial charge in [-0.05, 0) is 55.0 Å². The van der Waals surface area contributed by atoms with Crippen LogP contribution in [0.2, 0.25) is 0 Å². The van der Waals surface area contributed by atoms with E-state index < -0.39 is 12.6 Å². The Morgan fingerprint density at radius 3 is 2.44 bits per heavy atom. The molecule has 0 N–H and O–H groups in total. The number of nitrogens with zero attached hydrogens (tertiary/aromatic N) is 1. The summed E-state index contributed by atoms with van der Waals surface area (Å²) < 4.78 is 40.1. The number of hydrogen-bond donors (Lipinski definition) is 0. The molecule has 3 aromatic rings. The Balaban J connectivity index is 1.62. The van der Waals surface area contributed by atoms with E-state index in [0.29, 0.717) is 17.2 Å². The van der Waals surface area contributed by atoms with E-state index in [1.165, 1.54) is 6.07 Å². The Bertz CT molecular complexity index is 898. The molecule has 0 aliphatic carbocycles. The predicted molar refractivity (Wildman–Crippen MR) is 95.7 cm³/mol. The van der Waals surface area contributed by atoms with Gasteiger partial charge >= 0.3 is 12.6 Å². The summed E-state index contributed by atoms with van der Waals surface area (Å²) in [5.74, 6) is -0.0744. The lowest BCUT2D eigenvalue weighted by Gasteiger charge is -2.08. The van der Waals surface area contributed by atoms with Crippen LogP contribution in [0.25, 0.3) is 0 Å². The lowest BCUT2D eigenvalue weighted by atomic mass is 10.3. The molecule has 0 aliphatic heterocycles. The van der Waals surface area contributed by atoms with Crippen LogP contribution in [-0.4, -0.2) is 17.6 Å². The largest absolute Gasteiger partial charge is 0.489 e. The predicted octanol–water partition coefficient (Wildman–Crippen LogP) is 4.85. The number of halogens is 2. The summed E-state index contributed by atoms with van der Waals surface area (Å²) in [6.07, 6.45) is 3.36. The average Bonchev–Trinajstić information content (AvgIpc) is 3.01. The van der Waals surface area contributed by atoms with Crippen LogP contribution >= 0.6 is 11.3 Å². The highest BCUT2D eigenvalue weighted by molar-refractivity contribution is 7.14. The number of hydrogen-bond acceptors (Lipinski definition) is 6. The first-order chi connectivity index (χ1) is 13.0. The maximum Gasteiger partial charge on any atom is 0.387 e. The molecule has 0 fully saturated rings. The number of alkyl halides is 2. The number of thiophene rings is 1. The molecule has 27 heavy (non-hydrogen) atoms. The van der Waals surface area contributed by atoms with Gasteiger partial charge in [0.15, 0.2) is 10.6 Å². The second kappa shape index (κ2) is 8.59. The van der Waals surface area contributed by atoms with Crippen molar-refractivity contribution in [1.82, 2.24) is 4.98 Å². The van der Waals surface area contributed by atoms with Gasteiger partial charge in [-0.2, -0.15) is 8.78 Å². The fraction of sp³-hybridized carbons (Fsp3) is 0.158. The molecule has 0 saturated heterocycles. The molecule has 1 aromatic carbocycles. The molecule has 2 aromatic heterocycles. The second-order valence-corrected chi connectivity index (χ2v) is 6.69. The Kier molecular flexibility index (Phi) is 5.97. The van der Waals surface area contributed by atoms with Crippen LogP contribution in [-0.2, 0) is 6.61 Å². The highest BCUT2D eigenvalue weighted by Gasteiger charge is 2.21. The minimum absolute atomic E-state index is 0.00851. The van der Waals surface area contributed by atoms with Gasteiger partial charge in [-0.3, -0.25) is 4.98 Å². The topological polar surface area (TPSA) is 57.7 Å². The Morgan fingerprint density at radius 1 is 1.11 bits per heavy atom. The molecular weight excluding hydrogens is 376 g/mol. The van der Waals surface area contributed by atoms with Gasteiger partial charge in [-0.25, -0.2) is 4.79 Å². The number of pyridine rings is 1. The number of aryl methyl sites for hydroxylation is 1. The van der Waals surface area contributed by atoms with Gasteiger partial charge in [0, 0.05) is 17.3 Å². The zero-order valence-corrected chi connectivity index (χ0v) is 15.0. The van der Waals surface area contributed by atoms with Gasteiger partial charge in [-0.1, -0.05) is 0 Å². The third kappa shape index (κ3) is 5.24. The van der Waals surface area contributed by atoms with Crippen molar-refractivity contribution in [3.05, 3.63) is 70.2 Å². The molecule has 5 nitrogen and oxygen atoms in total. The molecule has 0 amide bonds. The summed E-state index contributed by atoms with van der Waals surface area (Å²) in [6.45, 7) is -0.943. The van der Waals surface area contributed by atoms with E-state index in [0.717, 1.165) is 16.9 Å². The van der Waals surface area contributed by atoms with Crippen molar-refractivity contribution in [1.29, 1.82) is 0 Å². The molecule has 0 radical (unpaired) electrons. The first-order valence-corrected chi connectivity index (χ1v) is 8.72. The Labute approximate surface area is 158 Å². The summed E-state index contributed by atoms with van der Waals surface area (Å²) in [5, 5.41) is 0. The molecular formula is C19H15F2NO4S. The standard InChI is InChI=1S/C19H15F2NO4S/c1-12-10-16(26-19(20)21)17(27-12)18(23)25-15-4-2-14(3-5-15)24-11-13-6-8-22-9-7-13/h2-10,19H,11H2,1H3. The van der Waals surface area contributed by atoms with Crippen LogP contribution in [0.5, 0.6) is 17.2 Å². The molecule has 0 aliphatic rings. The van der Waals surface area contributed by atoms with Gasteiger partial charge in [0.25, 0.3) is 0 Å². The smallest absolute Gasteiger partial charge is 0.387 e. The van der Waals surface area contributed by atoms with E-state index in [4.69, 9.17) is 9.47 Å². The Hall–Kier alpha value is -3.00. The van der Waals surface area contributed by atoms with Crippen molar-refractivity contribution in [3.63, 3.8) is 0 Å². The number of ether oxygens (including phenoxy) is 3. The third-order valence-electron chi connectivity index (χ3n) is 3.41. The van der Waals surface area contributed by atoms with E-state index >= 15 is 0 Å². The zero-order valence-electron chi connectivity index (χ0n) is 14.2. The summed E-state index contributed by atoms with van der Waals surface area (Å²) in [6, 6.07) is 11.5. The molecule has 0 bridgehead atoms. The average molecular weight is 391 g/mol. The highest BCUT2D eigenvalue weighted by atomic mass is 32.1. The monoisotopic (exact) mass is 391 g/mol. The molecule has 0 saturated carbocycles. The second-order valence-electron chi connectivity index (χ2n) is 5.43. The molecule has 0 atom stereocenters. The van der Waals surface area contributed by atoms with Gasteiger partial charge in [0.2, 0.25) is 0 Å². The molecule has 2 heterocycles. The zero-order chi connectivity index (χ0) is 19.2. The summed E-state index contributed by atoms with van der Waals surface area (Å²) in [4.78, 5) is 16.8. The van der Waals surface area contributed by atoms with E-state index in [2.05, 4.69) is 9.72 Å². The molecule has 0 unspecified atom stereocenters. The quantitative estimate of drug-likeness (QED) is 0.426. The van der Waals surface area contributed by atoms with Crippen molar-refractivity contribution < 1.29 is 27.8 Å². The Morgan fingerprint density at radius 2 is 1.78 bits per heavy atom. The van der Waals surface area contributed by atoms with Crippen LogP contribution in [0.3, 0.4) is 0 Å². The van der Waals surface area contributed by atoms with E-state index in [1.54, 1.807) is 43.6 Å². The van der Waals surface area contributed by atoms with Gasteiger partial charge in [0.05, 0.1) is 0 Å². The number of esters is 1. The van der Waals surface area contributed by atoms with Crippen LogP contribution in [0.15, 0.2) is 54.9 Å². The first kappa shape index (κ1) is 18.8. The summed E-state index contributed by atoms with van der Waals surface area (Å²) >= 11 is 1.03. The highest BCUT2D eigenvalue weighted by Crippen LogP contribution is 2.31. The maximum atomic E-state index is 12.5. The summed E-state index contributed by atoms with van der Waals surface area (Å²) in [5.41, 5.74) is 0.972. The van der Waals surface area contributed by atoms with Crippen molar-refractivity contribution >= 4 is 17.3 Å². The van der Waals surface area contributed by atoms with Crippen molar-refractivity contribution in [2.45, 2.75) is 20.1 Å². The SMILES string of the molecule is Cc1cc(OC(F)F)c(C(=O)Oc2ccc(OCc3ccncc3)cc2)s1. The van der Waals surface area contributed by atoms with Crippen LogP contribution in [0.4, 0.5) is 8.78 Å². The first-order valence-electron chi connectivity index (χ1n) is 7.90. The van der Waals surface area contributed by atoms with Gasteiger partial charge in [0.1, 0.15) is 18.1 Å². The fourth-order valence-corrected chi connectivity index (χ4v) is 3.04. The van der Waals surface area contributed by atoms with E-state index in [9.17, 15) is 13.6 Å². The number of rotatable bonds is 7. The fourth-order valence-electron chi connectivity index (χ4n) is 2.22. The lowest BCUT2D eigenvalue weighted by molar-refractivity contribution is -0.0499. The van der Waals surface area contributed by atoms with Crippen LogP contribution in [0.1, 0.15) is 20.1 Å². The molecule has 3 rings (SSSR count). The molecule has 0 spiro atoms. The van der Waals surface area contributed by atoms with Crippen molar-refractivity contribution in [2.24, 2.45) is 0 Å².